The first-order valence-corrected chi connectivity index (χ1v) is 4.27. The van der Waals surface area contributed by atoms with E-state index in [1.165, 1.54) is 0 Å². The van der Waals surface area contributed by atoms with E-state index in [4.69, 9.17) is 5.11 Å². The van der Waals surface area contributed by atoms with E-state index in [0.717, 1.165) is 12.8 Å². The van der Waals surface area contributed by atoms with E-state index in [1.54, 1.807) is 0 Å². The molecule has 11 heavy (non-hydrogen) atoms. The molecule has 1 aliphatic rings. The van der Waals surface area contributed by atoms with Gasteiger partial charge in [0, 0.05) is 0 Å². The fraction of sp³-hybridized carbons (Fsp3) is 0.889. The predicted octanol–water partition coefficient (Wildman–Crippen LogP) is 2.14. The summed E-state index contributed by atoms with van der Waals surface area (Å²) in [5.74, 6) is -0.165. The highest BCUT2D eigenvalue weighted by Crippen LogP contribution is 2.60. The molecule has 2 nitrogen and oxygen atoms in total. The van der Waals surface area contributed by atoms with Crippen LogP contribution >= 0.6 is 0 Å². The van der Waals surface area contributed by atoms with Crippen molar-refractivity contribution in [1.82, 2.24) is 0 Å². The monoisotopic (exact) mass is 156 g/mol. The number of hydrogen-bond donors (Lipinski definition) is 1. The van der Waals surface area contributed by atoms with Crippen molar-refractivity contribution in [2.24, 2.45) is 17.3 Å². The third kappa shape index (κ3) is 1.15. The smallest absolute Gasteiger partial charge is 0.307 e. The molecule has 0 aromatic rings. The van der Waals surface area contributed by atoms with Gasteiger partial charge in [0.25, 0.3) is 0 Å². The first kappa shape index (κ1) is 8.57. The van der Waals surface area contributed by atoms with Crippen molar-refractivity contribution in [3.63, 3.8) is 0 Å². The molecule has 0 heterocycles. The molecule has 0 amide bonds. The minimum absolute atomic E-state index is 0.0625. The van der Waals surface area contributed by atoms with Crippen molar-refractivity contribution < 1.29 is 9.90 Å². The summed E-state index contributed by atoms with van der Waals surface area (Å²) in [6.45, 7) is 6.32. The highest BCUT2D eigenvalue weighted by molar-refractivity contribution is 5.74. The molecule has 0 aliphatic heterocycles. The molecule has 0 aromatic carbocycles. The Balaban J connectivity index is 2.64. The molecule has 0 unspecified atom stereocenters. The maximum Gasteiger partial charge on any atom is 0.307 e. The highest BCUT2D eigenvalue weighted by atomic mass is 16.4. The molecule has 1 fully saturated rings. The molecule has 2 heteroatoms. The van der Waals surface area contributed by atoms with Gasteiger partial charge < -0.3 is 5.11 Å². The second kappa shape index (κ2) is 2.50. The average molecular weight is 156 g/mol. The fourth-order valence-electron chi connectivity index (χ4n) is 2.09. The Morgan fingerprint density at radius 2 is 2.27 bits per heavy atom. The molecule has 0 saturated heterocycles. The van der Waals surface area contributed by atoms with Gasteiger partial charge in [0.1, 0.15) is 0 Å². The molecular formula is C9H16O2. The van der Waals surface area contributed by atoms with Crippen LogP contribution in [-0.2, 0) is 4.79 Å². The SMILES string of the molecule is CC[C@]1(C(C)C)C[C@@H]1C(=O)O. The number of rotatable bonds is 3. The average Bonchev–Trinajstić information content (AvgIpc) is 2.62. The molecule has 0 spiro atoms. The van der Waals surface area contributed by atoms with Crippen LogP contribution in [0.15, 0.2) is 0 Å². The van der Waals surface area contributed by atoms with Crippen LogP contribution in [0.4, 0.5) is 0 Å². The summed E-state index contributed by atoms with van der Waals surface area (Å²) in [6.07, 6.45) is 1.89. The second-order valence-electron chi connectivity index (χ2n) is 3.84. The molecule has 64 valence electrons. The van der Waals surface area contributed by atoms with E-state index < -0.39 is 5.97 Å². The first-order valence-electron chi connectivity index (χ1n) is 4.27. The van der Waals surface area contributed by atoms with E-state index >= 15 is 0 Å². The third-order valence-corrected chi connectivity index (χ3v) is 3.22. The molecular weight excluding hydrogens is 140 g/mol. The second-order valence-corrected chi connectivity index (χ2v) is 3.84. The van der Waals surface area contributed by atoms with Crippen molar-refractivity contribution >= 4 is 5.97 Å². The van der Waals surface area contributed by atoms with E-state index in [-0.39, 0.29) is 11.3 Å². The lowest BCUT2D eigenvalue weighted by atomic mass is 9.87. The van der Waals surface area contributed by atoms with Gasteiger partial charge in [-0.05, 0) is 24.2 Å². The maximum absolute atomic E-state index is 10.6. The Labute approximate surface area is 67.6 Å². The minimum Gasteiger partial charge on any atom is -0.481 e. The lowest BCUT2D eigenvalue weighted by Crippen LogP contribution is -2.15. The van der Waals surface area contributed by atoms with Crippen molar-refractivity contribution in [3.05, 3.63) is 0 Å². The van der Waals surface area contributed by atoms with Crippen LogP contribution in [0.1, 0.15) is 33.6 Å². The van der Waals surface area contributed by atoms with Crippen LogP contribution in [0, 0.1) is 17.3 Å². The Bertz CT molecular complexity index is 174. The number of hydrogen-bond acceptors (Lipinski definition) is 1. The summed E-state index contributed by atoms with van der Waals surface area (Å²) in [4.78, 5) is 10.6. The normalized spacial score (nSPS) is 35.8. The summed E-state index contributed by atoms with van der Waals surface area (Å²) in [7, 11) is 0. The molecule has 0 radical (unpaired) electrons. The van der Waals surface area contributed by atoms with Crippen molar-refractivity contribution in [3.8, 4) is 0 Å². The van der Waals surface area contributed by atoms with Crippen LogP contribution in [0.2, 0.25) is 0 Å². The first-order chi connectivity index (χ1) is 5.04. The summed E-state index contributed by atoms with van der Waals surface area (Å²) < 4.78 is 0. The Kier molecular flexibility index (Phi) is 1.95. The van der Waals surface area contributed by atoms with Crippen LogP contribution in [-0.4, -0.2) is 11.1 Å². The minimum atomic E-state index is -0.611. The van der Waals surface area contributed by atoms with Crippen molar-refractivity contribution in [2.45, 2.75) is 33.6 Å². The Morgan fingerprint density at radius 3 is 2.36 bits per heavy atom. The quantitative estimate of drug-likeness (QED) is 0.679. The van der Waals surface area contributed by atoms with Gasteiger partial charge in [0.05, 0.1) is 5.92 Å². The van der Waals surface area contributed by atoms with Gasteiger partial charge in [-0.25, -0.2) is 0 Å². The molecule has 1 N–H and O–H groups in total. The van der Waals surface area contributed by atoms with Gasteiger partial charge in [-0.2, -0.15) is 0 Å². The molecule has 0 bridgehead atoms. The zero-order chi connectivity index (χ0) is 8.65. The summed E-state index contributed by atoms with van der Waals surface area (Å²) >= 11 is 0. The van der Waals surface area contributed by atoms with E-state index in [9.17, 15) is 4.79 Å². The van der Waals surface area contributed by atoms with Gasteiger partial charge in [-0.3, -0.25) is 4.79 Å². The fourth-order valence-corrected chi connectivity index (χ4v) is 2.09. The van der Waals surface area contributed by atoms with E-state index in [0.29, 0.717) is 5.92 Å². The summed E-state index contributed by atoms with van der Waals surface area (Å²) in [5.41, 5.74) is 0.131. The van der Waals surface area contributed by atoms with Crippen LogP contribution in [0.3, 0.4) is 0 Å². The number of carboxylic acids is 1. The van der Waals surface area contributed by atoms with Crippen molar-refractivity contribution in [1.29, 1.82) is 0 Å². The zero-order valence-corrected chi connectivity index (χ0v) is 7.42. The zero-order valence-electron chi connectivity index (χ0n) is 7.42. The van der Waals surface area contributed by atoms with E-state index in [1.807, 2.05) is 0 Å². The van der Waals surface area contributed by atoms with Gasteiger partial charge in [-0.1, -0.05) is 20.8 Å². The van der Waals surface area contributed by atoms with Crippen LogP contribution < -0.4 is 0 Å². The van der Waals surface area contributed by atoms with E-state index in [2.05, 4.69) is 20.8 Å². The van der Waals surface area contributed by atoms with Gasteiger partial charge in [0.2, 0.25) is 0 Å². The molecule has 1 saturated carbocycles. The number of carboxylic acid groups (broad SMARTS) is 1. The predicted molar refractivity (Wildman–Crippen MR) is 43.3 cm³/mol. The van der Waals surface area contributed by atoms with Crippen LogP contribution in [0.5, 0.6) is 0 Å². The Morgan fingerprint density at radius 1 is 1.73 bits per heavy atom. The van der Waals surface area contributed by atoms with Gasteiger partial charge in [-0.15, -0.1) is 0 Å². The number of aliphatic carboxylic acids is 1. The molecule has 2 atom stereocenters. The molecule has 1 aliphatic carbocycles. The third-order valence-electron chi connectivity index (χ3n) is 3.22. The standard InChI is InChI=1S/C9H16O2/c1-4-9(6(2)3)5-7(9)8(10)11/h6-7H,4-5H2,1-3H3,(H,10,11)/t7-,9-/m1/s1. The summed E-state index contributed by atoms with van der Waals surface area (Å²) in [5, 5.41) is 8.77. The van der Waals surface area contributed by atoms with Gasteiger partial charge >= 0.3 is 5.97 Å². The summed E-state index contributed by atoms with van der Waals surface area (Å²) in [6, 6.07) is 0. The molecule has 0 aromatic heterocycles. The van der Waals surface area contributed by atoms with Gasteiger partial charge in [0.15, 0.2) is 0 Å². The lowest BCUT2D eigenvalue weighted by Gasteiger charge is -2.17. The van der Waals surface area contributed by atoms with Crippen LogP contribution in [0.25, 0.3) is 0 Å². The molecule has 1 rings (SSSR count). The number of carbonyl (C=O) groups is 1. The van der Waals surface area contributed by atoms with Crippen molar-refractivity contribution in [2.75, 3.05) is 0 Å². The lowest BCUT2D eigenvalue weighted by molar-refractivity contribution is -0.139. The largest absolute Gasteiger partial charge is 0.481 e. The highest BCUT2D eigenvalue weighted by Gasteiger charge is 2.58. The Hall–Kier alpha value is -0.530. The maximum atomic E-state index is 10.6. The topological polar surface area (TPSA) is 37.3 Å².